The van der Waals surface area contributed by atoms with Gasteiger partial charge in [-0.25, -0.2) is 4.57 Å². The number of pyridine rings is 1. The van der Waals surface area contributed by atoms with Crippen molar-refractivity contribution in [2.45, 2.75) is 19.9 Å². The number of hydrogen-bond acceptors (Lipinski definition) is 0. The SMILES string of the molecule is CCC[n+]1ccccc1.F[B-](F)(F)F. The summed E-state index contributed by atoms with van der Waals surface area (Å²) in [6.45, 7) is 3.31. The van der Waals surface area contributed by atoms with Gasteiger partial charge in [0.2, 0.25) is 0 Å². The van der Waals surface area contributed by atoms with Gasteiger partial charge >= 0.3 is 7.25 Å². The molecule has 0 atom stereocenters. The summed E-state index contributed by atoms with van der Waals surface area (Å²) >= 11 is 0. The predicted molar refractivity (Wildman–Crippen MR) is 47.1 cm³/mol. The van der Waals surface area contributed by atoms with E-state index >= 15 is 0 Å². The van der Waals surface area contributed by atoms with Gasteiger partial charge in [-0.1, -0.05) is 13.0 Å². The number of rotatable bonds is 2. The van der Waals surface area contributed by atoms with E-state index in [1.807, 2.05) is 6.07 Å². The van der Waals surface area contributed by atoms with Crippen molar-refractivity contribution < 1.29 is 21.8 Å². The van der Waals surface area contributed by atoms with E-state index in [1.165, 1.54) is 6.42 Å². The lowest BCUT2D eigenvalue weighted by Crippen LogP contribution is -2.31. The Kier molecular flexibility index (Phi) is 5.91. The summed E-state index contributed by atoms with van der Waals surface area (Å²) in [5.41, 5.74) is 0. The minimum atomic E-state index is -6.00. The summed E-state index contributed by atoms with van der Waals surface area (Å²) in [6.07, 6.45) is 5.38. The van der Waals surface area contributed by atoms with Crippen LogP contribution in [-0.2, 0) is 6.54 Å². The van der Waals surface area contributed by atoms with E-state index < -0.39 is 7.25 Å². The molecule has 0 aliphatic carbocycles. The van der Waals surface area contributed by atoms with E-state index in [4.69, 9.17) is 0 Å². The second kappa shape index (κ2) is 6.40. The van der Waals surface area contributed by atoms with Crippen LogP contribution in [0.2, 0.25) is 0 Å². The largest absolute Gasteiger partial charge is 0.673 e. The molecule has 0 saturated carbocycles. The van der Waals surface area contributed by atoms with Crippen molar-refractivity contribution >= 4 is 7.25 Å². The fourth-order valence-electron chi connectivity index (χ4n) is 0.842. The molecule has 14 heavy (non-hydrogen) atoms. The summed E-state index contributed by atoms with van der Waals surface area (Å²) in [6, 6.07) is 6.14. The fourth-order valence-corrected chi connectivity index (χ4v) is 0.842. The number of nitrogens with zero attached hydrogens (tertiary/aromatic N) is 1. The Labute approximate surface area is 80.5 Å². The Morgan fingerprint density at radius 2 is 1.43 bits per heavy atom. The Bertz CT molecular complexity index is 231. The first-order valence-electron chi connectivity index (χ1n) is 4.25. The van der Waals surface area contributed by atoms with Gasteiger partial charge in [0, 0.05) is 18.6 Å². The molecule has 0 bridgehead atoms. The zero-order chi connectivity index (χ0) is 11.0. The maximum atomic E-state index is 9.75. The Hall–Kier alpha value is -1.07. The van der Waals surface area contributed by atoms with Gasteiger partial charge in [0.25, 0.3) is 0 Å². The molecule has 1 rings (SSSR count). The monoisotopic (exact) mass is 209 g/mol. The quantitative estimate of drug-likeness (QED) is 0.400. The highest BCUT2D eigenvalue weighted by molar-refractivity contribution is 6.50. The van der Waals surface area contributed by atoms with E-state index in [9.17, 15) is 17.3 Å². The first kappa shape index (κ1) is 12.9. The maximum Gasteiger partial charge on any atom is 0.673 e. The first-order chi connectivity index (χ1) is 6.43. The van der Waals surface area contributed by atoms with Gasteiger partial charge in [-0.3, -0.25) is 0 Å². The molecule has 0 fully saturated rings. The molecule has 0 N–H and O–H groups in total. The van der Waals surface area contributed by atoms with Crippen molar-refractivity contribution in [3.8, 4) is 0 Å². The van der Waals surface area contributed by atoms with Crippen LogP contribution < -0.4 is 4.57 Å². The van der Waals surface area contributed by atoms with Crippen molar-refractivity contribution in [2.24, 2.45) is 0 Å². The molecule has 0 spiro atoms. The van der Waals surface area contributed by atoms with Crippen LogP contribution in [0.5, 0.6) is 0 Å². The second-order valence-electron chi connectivity index (χ2n) is 2.61. The number of hydrogen-bond donors (Lipinski definition) is 0. The minimum Gasteiger partial charge on any atom is -0.418 e. The van der Waals surface area contributed by atoms with E-state index in [0.717, 1.165) is 6.54 Å². The van der Waals surface area contributed by atoms with Crippen molar-refractivity contribution in [3.63, 3.8) is 0 Å². The van der Waals surface area contributed by atoms with Crippen molar-refractivity contribution in [2.75, 3.05) is 0 Å². The first-order valence-corrected chi connectivity index (χ1v) is 4.25. The Morgan fingerprint density at radius 3 is 1.79 bits per heavy atom. The summed E-state index contributed by atoms with van der Waals surface area (Å²) in [7, 11) is -6.00. The van der Waals surface area contributed by atoms with Gasteiger partial charge in [0.05, 0.1) is 0 Å². The molecule has 0 aromatic carbocycles. The van der Waals surface area contributed by atoms with E-state index in [-0.39, 0.29) is 0 Å². The molecular weight excluding hydrogens is 197 g/mol. The maximum absolute atomic E-state index is 9.75. The van der Waals surface area contributed by atoms with Crippen LogP contribution in [0.3, 0.4) is 0 Å². The van der Waals surface area contributed by atoms with Gasteiger partial charge in [0.15, 0.2) is 12.4 Å². The van der Waals surface area contributed by atoms with Gasteiger partial charge in [-0.05, 0) is 0 Å². The van der Waals surface area contributed by atoms with Crippen LogP contribution >= 0.6 is 0 Å². The van der Waals surface area contributed by atoms with Crippen LogP contribution in [0.1, 0.15) is 13.3 Å². The van der Waals surface area contributed by atoms with Gasteiger partial charge in [-0.2, -0.15) is 0 Å². The van der Waals surface area contributed by atoms with Crippen LogP contribution in [-0.4, -0.2) is 7.25 Å². The summed E-state index contributed by atoms with van der Waals surface area (Å²) in [5.74, 6) is 0. The number of aryl methyl sites for hydroxylation is 1. The van der Waals surface area contributed by atoms with E-state index in [2.05, 4.69) is 36.0 Å². The van der Waals surface area contributed by atoms with Crippen LogP contribution in [0.25, 0.3) is 0 Å². The van der Waals surface area contributed by atoms with E-state index in [0.29, 0.717) is 0 Å². The summed E-state index contributed by atoms with van der Waals surface area (Å²) in [5, 5.41) is 0. The van der Waals surface area contributed by atoms with E-state index in [1.54, 1.807) is 0 Å². The molecule has 0 saturated heterocycles. The average Bonchev–Trinajstić information content (AvgIpc) is 2.03. The summed E-state index contributed by atoms with van der Waals surface area (Å²) < 4.78 is 41.2. The lowest BCUT2D eigenvalue weighted by Gasteiger charge is -1.94. The van der Waals surface area contributed by atoms with Crippen LogP contribution in [0.15, 0.2) is 30.6 Å². The normalized spacial score (nSPS) is 10.4. The third-order valence-corrected chi connectivity index (χ3v) is 1.26. The molecular formula is C8H12BF4N. The lowest BCUT2D eigenvalue weighted by molar-refractivity contribution is -0.697. The van der Waals surface area contributed by atoms with Gasteiger partial charge in [0.1, 0.15) is 6.54 Å². The Morgan fingerprint density at radius 1 is 1.00 bits per heavy atom. The Balaban J connectivity index is 0.000000292. The van der Waals surface area contributed by atoms with Gasteiger partial charge in [-0.15, -0.1) is 0 Å². The standard InChI is InChI=1S/C8H12N.BF4/c1-2-6-9-7-4-3-5-8-9;2-1(3,4)5/h3-5,7-8H,2,6H2,1H3;/q+1;-1. The smallest absolute Gasteiger partial charge is 0.418 e. The predicted octanol–water partition coefficient (Wildman–Crippen LogP) is 2.68. The molecule has 1 nitrogen and oxygen atoms in total. The van der Waals surface area contributed by atoms with Crippen LogP contribution in [0.4, 0.5) is 17.3 Å². The highest BCUT2D eigenvalue weighted by atomic mass is 19.5. The molecule has 0 unspecified atom stereocenters. The topological polar surface area (TPSA) is 3.88 Å². The average molecular weight is 209 g/mol. The molecule has 0 radical (unpaired) electrons. The second-order valence-corrected chi connectivity index (χ2v) is 2.61. The number of aromatic nitrogens is 1. The third kappa shape index (κ3) is 10.9. The lowest BCUT2D eigenvalue weighted by atomic mass is 10.3. The highest BCUT2D eigenvalue weighted by Gasteiger charge is 2.20. The summed E-state index contributed by atoms with van der Waals surface area (Å²) in [4.78, 5) is 0. The van der Waals surface area contributed by atoms with Crippen molar-refractivity contribution in [1.82, 2.24) is 0 Å². The molecule has 1 aromatic heterocycles. The molecule has 6 heteroatoms. The van der Waals surface area contributed by atoms with Gasteiger partial charge < -0.3 is 17.3 Å². The van der Waals surface area contributed by atoms with Crippen molar-refractivity contribution in [3.05, 3.63) is 30.6 Å². The molecule has 0 aliphatic rings. The van der Waals surface area contributed by atoms with Crippen LogP contribution in [0, 0.1) is 0 Å². The zero-order valence-corrected chi connectivity index (χ0v) is 7.84. The molecule has 1 heterocycles. The molecule has 1 aromatic rings. The fraction of sp³-hybridized carbons (Fsp3) is 0.375. The zero-order valence-electron chi connectivity index (χ0n) is 7.84. The van der Waals surface area contributed by atoms with Crippen molar-refractivity contribution in [1.29, 1.82) is 0 Å². The molecule has 0 aliphatic heterocycles. The molecule has 0 amide bonds. The highest BCUT2D eigenvalue weighted by Crippen LogP contribution is 2.06. The third-order valence-electron chi connectivity index (χ3n) is 1.26. The number of halogens is 4. The molecule has 80 valence electrons. The minimum absolute atomic E-state index is 1.13.